The summed E-state index contributed by atoms with van der Waals surface area (Å²) in [6, 6.07) is 9.90. The molecule has 0 heterocycles. The van der Waals surface area contributed by atoms with Crippen LogP contribution < -0.4 is 10.1 Å². The van der Waals surface area contributed by atoms with Crippen molar-refractivity contribution in [3.8, 4) is 5.75 Å². The molecule has 2 aromatic carbocycles. The molecule has 0 spiro atoms. The number of amides is 1. The first-order chi connectivity index (χ1) is 12.7. The Hall–Kier alpha value is -3.03. The highest BCUT2D eigenvalue weighted by Gasteiger charge is 2.30. The molecule has 2 aromatic rings. The zero-order valence-corrected chi connectivity index (χ0v) is 14.4. The lowest BCUT2D eigenvalue weighted by Crippen LogP contribution is -2.43. The second kappa shape index (κ2) is 8.57. The molecule has 1 amide bonds. The minimum Gasteiger partial charge on any atom is -0.496 e. The molecular weight excluding hydrogens is 363 g/mol. The average Bonchev–Trinajstić information content (AvgIpc) is 2.61. The van der Waals surface area contributed by atoms with Crippen LogP contribution in [0.2, 0.25) is 0 Å². The molecule has 5 nitrogen and oxygen atoms in total. The van der Waals surface area contributed by atoms with E-state index in [1.165, 1.54) is 19.2 Å². The Kier molecular flexibility index (Phi) is 6.44. The Morgan fingerprint density at radius 3 is 2.48 bits per heavy atom. The number of halogens is 3. The predicted molar refractivity (Wildman–Crippen MR) is 91.4 cm³/mol. The molecule has 0 aliphatic rings. The van der Waals surface area contributed by atoms with Crippen LogP contribution in [0.3, 0.4) is 0 Å². The van der Waals surface area contributed by atoms with Crippen LogP contribution in [0.1, 0.15) is 16.7 Å². The number of methoxy groups -OCH3 is 1. The molecule has 27 heavy (non-hydrogen) atoms. The molecule has 0 aromatic heterocycles. The van der Waals surface area contributed by atoms with Gasteiger partial charge in [0.05, 0.1) is 19.1 Å². The molecule has 1 atom stereocenters. The lowest BCUT2D eigenvalue weighted by molar-refractivity contribution is -0.141. The van der Waals surface area contributed by atoms with Gasteiger partial charge in [0, 0.05) is 6.42 Å². The van der Waals surface area contributed by atoms with Gasteiger partial charge in [-0.1, -0.05) is 36.4 Å². The average molecular weight is 381 g/mol. The number of hydrogen-bond donors (Lipinski definition) is 2. The highest BCUT2D eigenvalue weighted by Crippen LogP contribution is 2.29. The van der Waals surface area contributed by atoms with Gasteiger partial charge in [0.15, 0.2) is 0 Å². The second-order valence-corrected chi connectivity index (χ2v) is 5.85. The first kappa shape index (κ1) is 20.3. The topological polar surface area (TPSA) is 75.6 Å². The highest BCUT2D eigenvalue weighted by atomic mass is 19.4. The summed E-state index contributed by atoms with van der Waals surface area (Å²) in [5.41, 5.74) is -0.132. The number of hydrogen-bond acceptors (Lipinski definition) is 3. The van der Waals surface area contributed by atoms with Crippen molar-refractivity contribution in [3.05, 3.63) is 65.2 Å². The van der Waals surface area contributed by atoms with Crippen LogP contribution in [0, 0.1) is 0 Å². The maximum absolute atomic E-state index is 12.7. The van der Waals surface area contributed by atoms with Crippen molar-refractivity contribution < 1.29 is 32.6 Å². The Bertz CT molecular complexity index is 821. The molecule has 144 valence electrons. The fourth-order valence-corrected chi connectivity index (χ4v) is 2.58. The number of carboxylic acid groups (broad SMARTS) is 1. The summed E-state index contributed by atoms with van der Waals surface area (Å²) in [5.74, 6) is -1.45. The van der Waals surface area contributed by atoms with Gasteiger partial charge >= 0.3 is 12.1 Å². The predicted octanol–water partition coefficient (Wildman–Crippen LogP) is 3.07. The summed E-state index contributed by atoms with van der Waals surface area (Å²) in [6.45, 7) is 0. The van der Waals surface area contributed by atoms with Gasteiger partial charge < -0.3 is 15.2 Å². The third kappa shape index (κ3) is 5.73. The molecular formula is C19H18F3NO4. The summed E-state index contributed by atoms with van der Waals surface area (Å²) in [5, 5.41) is 11.7. The third-order valence-corrected chi connectivity index (χ3v) is 3.87. The zero-order valence-electron chi connectivity index (χ0n) is 14.4. The first-order valence-corrected chi connectivity index (χ1v) is 8.01. The van der Waals surface area contributed by atoms with Crippen LogP contribution in [0.4, 0.5) is 13.2 Å². The summed E-state index contributed by atoms with van der Waals surface area (Å²) >= 11 is 0. The van der Waals surface area contributed by atoms with Crippen LogP contribution in [-0.4, -0.2) is 30.1 Å². The van der Waals surface area contributed by atoms with E-state index in [0.29, 0.717) is 11.3 Å². The number of benzene rings is 2. The summed E-state index contributed by atoms with van der Waals surface area (Å²) in [6.07, 6.45) is -4.90. The Balaban J connectivity index is 2.08. The molecule has 0 fully saturated rings. The monoisotopic (exact) mass is 381 g/mol. The third-order valence-electron chi connectivity index (χ3n) is 3.87. The molecule has 0 aliphatic heterocycles. The summed E-state index contributed by atoms with van der Waals surface area (Å²) in [4.78, 5) is 23.6. The molecule has 0 unspecified atom stereocenters. The minimum absolute atomic E-state index is 0.0202. The van der Waals surface area contributed by atoms with Crippen molar-refractivity contribution in [2.75, 3.05) is 7.11 Å². The van der Waals surface area contributed by atoms with E-state index in [4.69, 9.17) is 4.74 Å². The van der Waals surface area contributed by atoms with Crippen LogP contribution >= 0.6 is 0 Å². The molecule has 0 saturated heterocycles. The lowest BCUT2D eigenvalue weighted by atomic mass is 10.0. The molecule has 0 bridgehead atoms. The lowest BCUT2D eigenvalue weighted by Gasteiger charge is -2.16. The number of carbonyl (C=O) groups excluding carboxylic acids is 1. The van der Waals surface area contributed by atoms with Gasteiger partial charge in [0.25, 0.3) is 0 Å². The van der Waals surface area contributed by atoms with Crippen molar-refractivity contribution in [3.63, 3.8) is 0 Å². The fourth-order valence-electron chi connectivity index (χ4n) is 2.58. The highest BCUT2D eigenvalue weighted by molar-refractivity contribution is 5.85. The van der Waals surface area contributed by atoms with E-state index in [2.05, 4.69) is 5.32 Å². The van der Waals surface area contributed by atoms with Crippen molar-refractivity contribution in [1.82, 2.24) is 5.32 Å². The van der Waals surface area contributed by atoms with Crippen molar-refractivity contribution in [2.45, 2.75) is 25.1 Å². The number of alkyl halides is 3. The molecule has 0 radical (unpaired) electrons. The van der Waals surface area contributed by atoms with E-state index in [-0.39, 0.29) is 18.4 Å². The Morgan fingerprint density at radius 1 is 1.15 bits per heavy atom. The quantitative estimate of drug-likeness (QED) is 0.773. The largest absolute Gasteiger partial charge is 0.496 e. The SMILES string of the molecule is COc1ccccc1C[C@@H](NC(=O)Cc1cccc(C(F)(F)F)c1)C(=O)O. The van der Waals surface area contributed by atoms with Gasteiger partial charge in [0.2, 0.25) is 5.91 Å². The first-order valence-electron chi connectivity index (χ1n) is 8.01. The van der Waals surface area contributed by atoms with E-state index >= 15 is 0 Å². The van der Waals surface area contributed by atoms with Gasteiger partial charge in [-0.25, -0.2) is 4.79 Å². The maximum atomic E-state index is 12.7. The van der Waals surface area contributed by atoms with Gasteiger partial charge in [0.1, 0.15) is 11.8 Å². The van der Waals surface area contributed by atoms with E-state index in [1.807, 2.05) is 0 Å². The van der Waals surface area contributed by atoms with E-state index in [1.54, 1.807) is 24.3 Å². The van der Waals surface area contributed by atoms with Crippen LogP contribution in [0.5, 0.6) is 5.75 Å². The number of nitrogens with one attached hydrogen (secondary N) is 1. The minimum atomic E-state index is -4.51. The Morgan fingerprint density at radius 2 is 1.85 bits per heavy atom. The van der Waals surface area contributed by atoms with E-state index in [9.17, 15) is 27.9 Å². The molecule has 8 heteroatoms. The number of aliphatic carboxylic acids is 1. The van der Waals surface area contributed by atoms with Crippen molar-refractivity contribution >= 4 is 11.9 Å². The number of para-hydroxylation sites is 1. The standard InChI is InChI=1S/C19H18F3NO4/c1-27-16-8-3-2-6-13(16)11-15(18(25)26)23-17(24)10-12-5-4-7-14(9-12)19(20,21)22/h2-9,15H,10-11H2,1H3,(H,23,24)(H,25,26)/t15-/m1/s1. The van der Waals surface area contributed by atoms with Crippen LogP contribution in [0.15, 0.2) is 48.5 Å². The van der Waals surface area contributed by atoms with E-state index < -0.39 is 29.7 Å². The number of carbonyl (C=O) groups is 2. The summed E-state index contributed by atoms with van der Waals surface area (Å²) < 4.78 is 43.4. The van der Waals surface area contributed by atoms with Crippen molar-refractivity contribution in [2.24, 2.45) is 0 Å². The molecule has 2 rings (SSSR count). The number of carboxylic acids is 1. The van der Waals surface area contributed by atoms with E-state index in [0.717, 1.165) is 12.1 Å². The van der Waals surface area contributed by atoms with Gasteiger partial charge in [-0.05, 0) is 23.3 Å². The van der Waals surface area contributed by atoms with Crippen LogP contribution in [-0.2, 0) is 28.6 Å². The van der Waals surface area contributed by atoms with Crippen LogP contribution in [0.25, 0.3) is 0 Å². The zero-order chi connectivity index (χ0) is 20.0. The second-order valence-electron chi connectivity index (χ2n) is 5.85. The van der Waals surface area contributed by atoms with Gasteiger partial charge in [-0.15, -0.1) is 0 Å². The Labute approximate surface area is 153 Å². The molecule has 0 aliphatic carbocycles. The smallest absolute Gasteiger partial charge is 0.416 e. The normalized spacial score (nSPS) is 12.3. The number of ether oxygens (including phenoxy) is 1. The van der Waals surface area contributed by atoms with Gasteiger partial charge in [-0.2, -0.15) is 13.2 Å². The fraction of sp³-hybridized carbons (Fsp3) is 0.263. The van der Waals surface area contributed by atoms with Crippen molar-refractivity contribution in [1.29, 1.82) is 0 Å². The maximum Gasteiger partial charge on any atom is 0.416 e. The molecule has 0 saturated carbocycles. The number of rotatable bonds is 7. The molecule has 2 N–H and O–H groups in total. The summed E-state index contributed by atoms with van der Waals surface area (Å²) in [7, 11) is 1.45. The van der Waals surface area contributed by atoms with Gasteiger partial charge in [-0.3, -0.25) is 4.79 Å².